The van der Waals surface area contributed by atoms with E-state index in [9.17, 15) is 5.11 Å². The van der Waals surface area contributed by atoms with Crippen molar-refractivity contribution in [3.05, 3.63) is 35.9 Å². The van der Waals surface area contributed by atoms with Gasteiger partial charge in [-0.3, -0.25) is 0 Å². The van der Waals surface area contributed by atoms with Gasteiger partial charge in [0.1, 0.15) is 5.75 Å². The second kappa shape index (κ2) is 3.44. The molecule has 0 atom stereocenters. The average Bonchev–Trinajstić information content (AvgIpc) is 2.03. The van der Waals surface area contributed by atoms with E-state index in [2.05, 4.69) is 6.58 Å². The number of rotatable bonds is 2. The molecule has 1 N–H and O–H groups in total. The van der Waals surface area contributed by atoms with Crippen LogP contribution in [0.25, 0.3) is 5.57 Å². The van der Waals surface area contributed by atoms with Crippen molar-refractivity contribution in [2.45, 2.75) is 20.3 Å². The Labute approximate surface area is 73.4 Å². The van der Waals surface area contributed by atoms with Crippen LogP contribution < -0.4 is 0 Å². The fourth-order valence-corrected chi connectivity index (χ4v) is 1.13. The Bertz CT molecular complexity index is 300. The van der Waals surface area contributed by atoms with E-state index in [0.29, 0.717) is 5.75 Å². The number of hydrogen-bond donors (Lipinski definition) is 1. The van der Waals surface area contributed by atoms with Gasteiger partial charge >= 0.3 is 0 Å². The van der Waals surface area contributed by atoms with Crippen LogP contribution in [-0.4, -0.2) is 5.11 Å². The molecule has 0 aromatic heterocycles. The summed E-state index contributed by atoms with van der Waals surface area (Å²) in [6.07, 6.45) is 0.872. The van der Waals surface area contributed by atoms with Crippen LogP contribution in [0.5, 0.6) is 5.75 Å². The highest BCUT2D eigenvalue weighted by molar-refractivity contribution is 5.68. The summed E-state index contributed by atoms with van der Waals surface area (Å²) >= 11 is 0. The molecule has 1 aromatic rings. The van der Waals surface area contributed by atoms with Crippen LogP contribution in [0.4, 0.5) is 0 Å². The third-order valence-corrected chi connectivity index (χ3v) is 1.96. The zero-order valence-electron chi connectivity index (χ0n) is 7.59. The quantitative estimate of drug-likeness (QED) is 0.708. The molecule has 1 nitrogen and oxygen atoms in total. The van der Waals surface area contributed by atoms with E-state index in [0.717, 1.165) is 23.1 Å². The Morgan fingerprint density at radius 3 is 2.67 bits per heavy atom. The SMILES string of the molecule is C=C(CC)c1ccc(C)cc1O. The highest BCUT2D eigenvalue weighted by atomic mass is 16.3. The average molecular weight is 162 g/mol. The summed E-state index contributed by atoms with van der Waals surface area (Å²) in [4.78, 5) is 0. The highest BCUT2D eigenvalue weighted by Crippen LogP contribution is 2.26. The third-order valence-electron chi connectivity index (χ3n) is 1.96. The van der Waals surface area contributed by atoms with Crippen molar-refractivity contribution in [2.75, 3.05) is 0 Å². The maximum absolute atomic E-state index is 9.53. The molecule has 1 aromatic carbocycles. The van der Waals surface area contributed by atoms with E-state index in [4.69, 9.17) is 0 Å². The van der Waals surface area contributed by atoms with Gasteiger partial charge in [0.2, 0.25) is 0 Å². The van der Waals surface area contributed by atoms with Crippen LogP contribution >= 0.6 is 0 Å². The number of aromatic hydroxyl groups is 1. The van der Waals surface area contributed by atoms with Gasteiger partial charge in [0.25, 0.3) is 0 Å². The van der Waals surface area contributed by atoms with Crippen LogP contribution in [0.2, 0.25) is 0 Å². The van der Waals surface area contributed by atoms with Crippen molar-refractivity contribution in [3.63, 3.8) is 0 Å². The Morgan fingerprint density at radius 2 is 2.17 bits per heavy atom. The third kappa shape index (κ3) is 1.67. The fourth-order valence-electron chi connectivity index (χ4n) is 1.13. The predicted octanol–water partition coefficient (Wildman–Crippen LogP) is 3.12. The second-order valence-electron chi connectivity index (χ2n) is 2.98. The molecule has 0 radical (unpaired) electrons. The minimum Gasteiger partial charge on any atom is -0.507 e. The van der Waals surface area contributed by atoms with E-state index in [1.807, 2.05) is 26.0 Å². The first-order valence-electron chi connectivity index (χ1n) is 4.13. The first-order chi connectivity index (χ1) is 5.65. The van der Waals surface area contributed by atoms with Crippen LogP contribution in [0.1, 0.15) is 24.5 Å². The summed E-state index contributed by atoms with van der Waals surface area (Å²) in [5.74, 6) is 0.335. The molecule has 0 saturated heterocycles. The minimum atomic E-state index is 0.335. The lowest BCUT2D eigenvalue weighted by Gasteiger charge is -2.05. The second-order valence-corrected chi connectivity index (χ2v) is 2.98. The van der Waals surface area contributed by atoms with Gasteiger partial charge in [-0.05, 0) is 30.5 Å². The zero-order valence-corrected chi connectivity index (χ0v) is 7.59. The molecule has 64 valence electrons. The van der Waals surface area contributed by atoms with Crippen molar-refractivity contribution >= 4 is 5.57 Å². The molecular weight excluding hydrogens is 148 g/mol. The molecule has 0 aliphatic heterocycles. The molecule has 0 unspecified atom stereocenters. The summed E-state index contributed by atoms with van der Waals surface area (Å²) in [6, 6.07) is 5.66. The summed E-state index contributed by atoms with van der Waals surface area (Å²) in [7, 11) is 0. The van der Waals surface area contributed by atoms with Gasteiger partial charge in [-0.25, -0.2) is 0 Å². The number of aryl methyl sites for hydroxylation is 1. The molecular formula is C11H14O. The molecule has 0 aliphatic carbocycles. The molecule has 0 heterocycles. The normalized spacial score (nSPS) is 9.83. The molecule has 0 amide bonds. The predicted molar refractivity (Wildman–Crippen MR) is 52.2 cm³/mol. The highest BCUT2D eigenvalue weighted by Gasteiger charge is 2.02. The maximum Gasteiger partial charge on any atom is 0.123 e. The van der Waals surface area contributed by atoms with Gasteiger partial charge in [-0.2, -0.15) is 0 Å². The summed E-state index contributed by atoms with van der Waals surface area (Å²) in [6.45, 7) is 7.86. The van der Waals surface area contributed by atoms with Crippen molar-refractivity contribution < 1.29 is 5.11 Å². The summed E-state index contributed by atoms with van der Waals surface area (Å²) in [5.41, 5.74) is 2.91. The largest absolute Gasteiger partial charge is 0.507 e. The molecule has 0 bridgehead atoms. The van der Waals surface area contributed by atoms with Gasteiger partial charge in [-0.1, -0.05) is 25.6 Å². The van der Waals surface area contributed by atoms with Gasteiger partial charge < -0.3 is 5.11 Å². The Balaban J connectivity index is 3.09. The lowest BCUT2D eigenvalue weighted by atomic mass is 10.0. The van der Waals surface area contributed by atoms with Crippen molar-refractivity contribution in [1.82, 2.24) is 0 Å². The number of phenolic OH excluding ortho intramolecular Hbond substituents is 1. The van der Waals surface area contributed by atoms with E-state index in [-0.39, 0.29) is 0 Å². The Hall–Kier alpha value is -1.24. The van der Waals surface area contributed by atoms with Gasteiger partial charge in [-0.15, -0.1) is 0 Å². The number of benzene rings is 1. The van der Waals surface area contributed by atoms with Gasteiger partial charge in [0.05, 0.1) is 0 Å². The van der Waals surface area contributed by atoms with Crippen molar-refractivity contribution in [1.29, 1.82) is 0 Å². The first kappa shape index (κ1) is 8.85. The lowest BCUT2D eigenvalue weighted by Crippen LogP contribution is -1.83. The Kier molecular flexibility index (Phi) is 2.54. The summed E-state index contributed by atoms with van der Waals surface area (Å²) in [5, 5.41) is 9.53. The topological polar surface area (TPSA) is 20.2 Å². The monoisotopic (exact) mass is 162 g/mol. The van der Waals surface area contributed by atoms with Gasteiger partial charge in [0.15, 0.2) is 0 Å². The first-order valence-corrected chi connectivity index (χ1v) is 4.13. The van der Waals surface area contributed by atoms with Crippen LogP contribution in [0.3, 0.4) is 0 Å². The van der Waals surface area contributed by atoms with Crippen LogP contribution in [0, 0.1) is 6.92 Å². The van der Waals surface area contributed by atoms with E-state index >= 15 is 0 Å². The molecule has 1 rings (SSSR count). The molecule has 0 saturated carbocycles. The standard InChI is InChI=1S/C11H14O/c1-4-9(3)10-6-5-8(2)7-11(10)12/h5-7,12H,3-4H2,1-2H3. The molecule has 1 heteroatoms. The maximum atomic E-state index is 9.53. The number of phenols is 1. The lowest BCUT2D eigenvalue weighted by molar-refractivity contribution is 0.473. The van der Waals surface area contributed by atoms with Gasteiger partial charge in [0, 0.05) is 5.56 Å². The molecule has 12 heavy (non-hydrogen) atoms. The molecule has 0 fully saturated rings. The fraction of sp³-hybridized carbons (Fsp3) is 0.273. The number of allylic oxidation sites excluding steroid dienone is 1. The van der Waals surface area contributed by atoms with Crippen LogP contribution in [-0.2, 0) is 0 Å². The Morgan fingerprint density at radius 1 is 1.50 bits per heavy atom. The van der Waals surface area contributed by atoms with Crippen molar-refractivity contribution in [2.24, 2.45) is 0 Å². The van der Waals surface area contributed by atoms with E-state index in [1.54, 1.807) is 6.07 Å². The number of hydrogen-bond acceptors (Lipinski definition) is 1. The smallest absolute Gasteiger partial charge is 0.123 e. The minimum absolute atomic E-state index is 0.335. The van der Waals surface area contributed by atoms with E-state index in [1.165, 1.54) is 0 Å². The van der Waals surface area contributed by atoms with E-state index < -0.39 is 0 Å². The van der Waals surface area contributed by atoms with Crippen LogP contribution in [0.15, 0.2) is 24.8 Å². The molecule has 0 aliphatic rings. The molecule has 0 spiro atoms. The summed E-state index contributed by atoms with van der Waals surface area (Å²) < 4.78 is 0. The zero-order chi connectivity index (χ0) is 9.14. The van der Waals surface area contributed by atoms with Crippen molar-refractivity contribution in [3.8, 4) is 5.75 Å².